The van der Waals surface area contributed by atoms with Crippen molar-refractivity contribution in [2.45, 2.75) is 20.3 Å². The highest BCUT2D eigenvalue weighted by molar-refractivity contribution is 6.03. The number of carbonyl (C=O) groups is 2. The molecule has 0 bridgehead atoms. The van der Waals surface area contributed by atoms with Crippen molar-refractivity contribution < 1.29 is 18.9 Å². The van der Waals surface area contributed by atoms with E-state index in [1.54, 1.807) is 4.90 Å². The van der Waals surface area contributed by atoms with Crippen LogP contribution in [0.15, 0.2) is 36.4 Å². The molecule has 8 heteroatoms. The fraction of sp³-hybridized carbons (Fsp3) is 0.263. The van der Waals surface area contributed by atoms with Gasteiger partial charge in [-0.25, -0.2) is 0 Å². The maximum atomic E-state index is 13.4. The van der Waals surface area contributed by atoms with Crippen LogP contribution < -0.4 is 10.2 Å². The molecule has 1 N–H and O–H groups in total. The first-order valence-corrected chi connectivity index (χ1v) is 8.38. The molecule has 0 unspecified atom stereocenters. The third-order valence-electron chi connectivity index (χ3n) is 4.71. The minimum absolute atomic E-state index is 0.0437. The zero-order valence-corrected chi connectivity index (χ0v) is 14.9. The Bertz CT molecular complexity index is 945. The van der Waals surface area contributed by atoms with Gasteiger partial charge in [-0.05, 0) is 49.2 Å². The normalized spacial score (nSPS) is 16.5. The third-order valence-corrected chi connectivity index (χ3v) is 4.71. The van der Waals surface area contributed by atoms with Gasteiger partial charge in [0.1, 0.15) is 0 Å². The Hall–Kier alpha value is -3.29. The SMILES string of the molecule is Cc1ccc(N2C[C@H](C(=O)Nc3ccc(F)c([N+](=O)[O-])c3)CC2=O)cc1C. The van der Waals surface area contributed by atoms with Crippen molar-refractivity contribution in [1.29, 1.82) is 0 Å². The summed E-state index contributed by atoms with van der Waals surface area (Å²) < 4.78 is 13.4. The van der Waals surface area contributed by atoms with Gasteiger partial charge in [0.05, 0.1) is 10.8 Å². The Morgan fingerprint density at radius 2 is 1.96 bits per heavy atom. The predicted octanol–water partition coefficient (Wildman–Crippen LogP) is 3.34. The molecule has 0 saturated carbocycles. The molecule has 140 valence electrons. The number of hydrogen-bond acceptors (Lipinski definition) is 4. The lowest BCUT2D eigenvalue weighted by Crippen LogP contribution is -2.28. The summed E-state index contributed by atoms with van der Waals surface area (Å²) in [4.78, 5) is 36.3. The van der Waals surface area contributed by atoms with E-state index in [0.29, 0.717) is 0 Å². The zero-order chi connectivity index (χ0) is 19.7. The van der Waals surface area contributed by atoms with Crippen molar-refractivity contribution in [3.63, 3.8) is 0 Å². The first-order valence-electron chi connectivity index (χ1n) is 8.38. The number of nitrogens with zero attached hydrogens (tertiary/aromatic N) is 2. The maximum Gasteiger partial charge on any atom is 0.306 e. The molecule has 0 spiro atoms. The molecule has 2 aromatic rings. The van der Waals surface area contributed by atoms with Crippen LogP contribution in [0.5, 0.6) is 0 Å². The molecule has 1 atom stereocenters. The summed E-state index contributed by atoms with van der Waals surface area (Å²) in [6, 6.07) is 8.79. The van der Waals surface area contributed by atoms with Gasteiger partial charge in [0.2, 0.25) is 17.6 Å². The van der Waals surface area contributed by atoms with Crippen LogP contribution in [0.1, 0.15) is 17.5 Å². The lowest BCUT2D eigenvalue weighted by Gasteiger charge is -2.18. The third kappa shape index (κ3) is 3.79. The van der Waals surface area contributed by atoms with E-state index < -0.39 is 28.3 Å². The second-order valence-corrected chi connectivity index (χ2v) is 6.59. The van der Waals surface area contributed by atoms with Crippen LogP contribution in [0.4, 0.5) is 21.5 Å². The highest BCUT2D eigenvalue weighted by Crippen LogP contribution is 2.28. The molecule has 1 heterocycles. The first-order chi connectivity index (χ1) is 12.8. The summed E-state index contributed by atoms with van der Waals surface area (Å²) in [6.07, 6.45) is 0.0437. The van der Waals surface area contributed by atoms with Crippen molar-refractivity contribution >= 4 is 28.9 Å². The van der Waals surface area contributed by atoms with E-state index >= 15 is 0 Å². The van der Waals surface area contributed by atoms with Crippen LogP contribution in [0.2, 0.25) is 0 Å². The number of benzene rings is 2. The highest BCUT2D eigenvalue weighted by atomic mass is 19.1. The molecule has 27 heavy (non-hydrogen) atoms. The second-order valence-electron chi connectivity index (χ2n) is 6.59. The van der Waals surface area contributed by atoms with Gasteiger partial charge in [0, 0.05) is 30.4 Å². The average molecular weight is 371 g/mol. The number of nitrogens with one attached hydrogen (secondary N) is 1. The molecule has 1 saturated heterocycles. The number of rotatable bonds is 4. The maximum absolute atomic E-state index is 13.4. The number of anilines is 2. The number of halogens is 1. The van der Waals surface area contributed by atoms with Gasteiger partial charge in [-0.3, -0.25) is 19.7 Å². The van der Waals surface area contributed by atoms with Crippen LogP contribution in [0, 0.1) is 35.7 Å². The number of amides is 2. The fourth-order valence-corrected chi connectivity index (χ4v) is 3.00. The first kappa shape index (κ1) is 18.5. The highest BCUT2D eigenvalue weighted by Gasteiger charge is 2.35. The summed E-state index contributed by atoms with van der Waals surface area (Å²) in [6.45, 7) is 4.14. The van der Waals surface area contributed by atoms with Gasteiger partial charge >= 0.3 is 5.69 Å². The predicted molar refractivity (Wildman–Crippen MR) is 98.1 cm³/mol. The van der Waals surface area contributed by atoms with Gasteiger partial charge in [-0.1, -0.05) is 6.07 Å². The van der Waals surface area contributed by atoms with Crippen molar-refractivity contribution in [3.8, 4) is 0 Å². The lowest BCUT2D eigenvalue weighted by atomic mass is 10.1. The van der Waals surface area contributed by atoms with E-state index in [9.17, 15) is 24.1 Å². The van der Waals surface area contributed by atoms with E-state index in [-0.39, 0.29) is 24.6 Å². The molecule has 7 nitrogen and oxygen atoms in total. The van der Waals surface area contributed by atoms with Crippen molar-refractivity contribution in [3.05, 3.63) is 63.5 Å². The van der Waals surface area contributed by atoms with Crippen LogP contribution >= 0.6 is 0 Å². The minimum Gasteiger partial charge on any atom is -0.326 e. The smallest absolute Gasteiger partial charge is 0.306 e. The topological polar surface area (TPSA) is 92.6 Å². The van der Waals surface area contributed by atoms with E-state index in [0.717, 1.165) is 28.9 Å². The summed E-state index contributed by atoms with van der Waals surface area (Å²) in [5, 5.41) is 13.3. The van der Waals surface area contributed by atoms with E-state index in [4.69, 9.17) is 0 Å². The Morgan fingerprint density at radius 1 is 1.22 bits per heavy atom. The molecule has 1 fully saturated rings. The molecule has 2 aromatic carbocycles. The average Bonchev–Trinajstić information content (AvgIpc) is 3.00. The summed E-state index contributed by atoms with van der Waals surface area (Å²) in [5.74, 6) is -2.17. The molecule has 1 aliphatic heterocycles. The summed E-state index contributed by atoms with van der Waals surface area (Å²) in [5.41, 5.74) is 2.29. The quantitative estimate of drug-likeness (QED) is 0.659. The monoisotopic (exact) mass is 371 g/mol. The van der Waals surface area contributed by atoms with E-state index in [1.807, 2.05) is 32.0 Å². The molecule has 3 rings (SSSR count). The number of nitro groups is 1. The molecule has 1 aliphatic rings. The standard InChI is InChI=1S/C19H18FN3O4/c1-11-3-5-15(7-12(11)2)22-10-13(8-18(22)24)19(25)21-14-4-6-16(20)17(9-14)23(26)27/h3-7,9,13H,8,10H2,1-2H3,(H,21,25)/t13-/m1/s1. The van der Waals surface area contributed by atoms with Crippen LogP contribution in [0.25, 0.3) is 0 Å². The van der Waals surface area contributed by atoms with Crippen molar-refractivity contribution in [2.24, 2.45) is 5.92 Å². The Labute approximate surface area is 154 Å². The molecular weight excluding hydrogens is 353 g/mol. The van der Waals surface area contributed by atoms with Crippen LogP contribution in [-0.4, -0.2) is 23.3 Å². The van der Waals surface area contributed by atoms with E-state index in [2.05, 4.69) is 5.32 Å². The molecule has 0 aliphatic carbocycles. The largest absolute Gasteiger partial charge is 0.326 e. The molecular formula is C19H18FN3O4. The Balaban J connectivity index is 1.73. The Morgan fingerprint density at radius 3 is 2.63 bits per heavy atom. The van der Waals surface area contributed by atoms with Crippen LogP contribution in [-0.2, 0) is 9.59 Å². The number of aryl methyl sites for hydroxylation is 2. The molecule has 0 aromatic heterocycles. The van der Waals surface area contributed by atoms with Crippen molar-refractivity contribution in [1.82, 2.24) is 0 Å². The minimum atomic E-state index is -0.977. The Kier molecular flexibility index (Phi) is 4.89. The van der Waals surface area contributed by atoms with Gasteiger partial charge in [0.25, 0.3) is 0 Å². The second kappa shape index (κ2) is 7.14. The summed E-state index contributed by atoms with van der Waals surface area (Å²) in [7, 11) is 0. The van der Waals surface area contributed by atoms with Gasteiger partial charge in [-0.2, -0.15) is 4.39 Å². The van der Waals surface area contributed by atoms with Crippen LogP contribution in [0.3, 0.4) is 0 Å². The number of carbonyl (C=O) groups excluding carboxylic acids is 2. The summed E-state index contributed by atoms with van der Waals surface area (Å²) >= 11 is 0. The lowest BCUT2D eigenvalue weighted by molar-refractivity contribution is -0.387. The van der Waals surface area contributed by atoms with Gasteiger partial charge < -0.3 is 10.2 Å². The van der Waals surface area contributed by atoms with Crippen molar-refractivity contribution in [2.75, 3.05) is 16.8 Å². The number of hydrogen-bond donors (Lipinski definition) is 1. The molecule has 2 amide bonds. The van der Waals surface area contributed by atoms with Gasteiger partial charge in [-0.15, -0.1) is 0 Å². The van der Waals surface area contributed by atoms with E-state index in [1.165, 1.54) is 6.07 Å². The van der Waals surface area contributed by atoms with Gasteiger partial charge in [0.15, 0.2) is 0 Å². The molecule has 0 radical (unpaired) electrons. The fourth-order valence-electron chi connectivity index (χ4n) is 3.00. The number of nitro benzene ring substituents is 1. The zero-order valence-electron chi connectivity index (χ0n) is 14.9.